The molecule has 1 aliphatic rings. The minimum Gasteiger partial charge on any atom is -0.316 e. The number of rotatable bonds is 2. The van der Waals surface area contributed by atoms with Gasteiger partial charge in [0.25, 0.3) is 0 Å². The van der Waals surface area contributed by atoms with Gasteiger partial charge in [0, 0.05) is 5.54 Å². The molecule has 0 amide bonds. The second-order valence-electron chi connectivity index (χ2n) is 4.49. The molecule has 0 aromatic heterocycles. The fourth-order valence-corrected chi connectivity index (χ4v) is 1.34. The van der Waals surface area contributed by atoms with Crippen LogP contribution in [0.25, 0.3) is 0 Å². The van der Waals surface area contributed by atoms with Gasteiger partial charge < -0.3 is 10.6 Å². The lowest BCUT2D eigenvalue weighted by atomic mass is 10.1. The van der Waals surface area contributed by atoms with Gasteiger partial charge in [-0.05, 0) is 52.7 Å². The van der Waals surface area contributed by atoms with Crippen molar-refractivity contribution in [2.75, 3.05) is 19.6 Å². The van der Waals surface area contributed by atoms with E-state index in [9.17, 15) is 0 Å². The Labute approximate surface area is 69.8 Å². The van der Waals surface area contributed by atoms with Crippen LogP contribution >= 0.6 is 0 Å². The maximum absolute atomic E-state index is 3.52. The van der Waals surface area contributed by atoms with E-state index >= 15 is 0 Å². The van der Waals surface area contributed by atoms with Crippen molar-refractivity contribution in [2.24, 2.45) is 5.92 Å². The first-order valence-corrected chi connectivity index (χ1v) is 4.54. The lowest BCUT2D eigenvalue weighted by Crippen LogP contribution is -2.39. The SMILES string of the molecule is CC(C)(C)NCC1CCNC1. The highest BCUT2D eigenvalue weighted by Gasteiger charge is 2.16. The van der Waals surface area contributed by atoms with E-state index in [1.807, 2.05) is 0 Å². The van der Waals surface area contributed by atoms with Crippen LogP contribution in [-0.4, -0.2) is 25.2 Å². The molecule has 0 aliphatic carbocycles. The van der Waals surface area contributed by atoms with E-state index in [2.05, 4.69) is 31.4 Å². The second kappa shape index (κ2) is 3.55. The van der Waals surface area contributed by atoms with Gasteiger partial charge in [0.05, 0.1) is 0 Å². The maximum atomic E-state index is 3.52. The molecule has 0 aromatic carbocycles. The molecule has 1 fully saturated rings. The Morgan fingerprint density at radius 2 is 2.18 bits per heavy atom. The van der Waals surface area contributed by atoms with Crippen LogP contribution in [0.2, 0.25) is 0 Å². The van der Waals surface area contributed by atoms with Crippen LogP contribution in [0.5, 0.6) is 0 Å². The fraction of sp³-hybridized carbons (Fsp3) is 1.00. The molecular weight excluding hydrogens is 136 g/mol. The van der Waals surface area contributed by atoms with Crippen molar-refractivity contribution in [2.45, 2.75) is 32.7 Å². The lowest BCUT2D eigenvalue weighted by molar-refractivity contribution is 0.382. The van der Waals surface area contributed by atoms with Gasteiger partial charge in [0.2, 0.25) is 0 Å². The first-order valence-electron chi connectivity index (χ1n) is 4.54. The average molecular weight is 156 g/mol. The van der Waals surface area contributed by atoms with Crippen molar-refractivity contribution in [3.8, 4) is 0 Å². The summed E-state index contributed by atoms with van der Waals surface area (Å²) in [4.78, 5) is 0. The molecule has 1 heterocycles. The van der Waals surface area contributed by atoms with Crippen LogP contribution < -0.4 is 10.6 Å². The normalized spacial score (nSPS) is 25.9. The highest BCUT2D eigenvalue weighted by atomic mass is 15.0. The molecule has 0 bridgehead atoms. The predicted octanol–water partition coefficient (Wildman–Crippen LogP) is 0.984. The topological polar surface area (TPSA) is 24.1 Å². The highest BCUT2D eigenvalue weighted by Crippen LogP contribution is 2.07. The van der Waals surface area contributed by atoms with Gasteiger partial charge in [-0.2, -0.15) is 0 Å². The first-order chi connectivity index (χ1) is 5.08. The molecule has 1 rings (SSSR count). The largest absolute Gasteiger partial charge is 0.316 e. The quantitative estimate of drug-likeness (QED) is 0.623. The molecule has 2 heteroatoms. The molecule has 0 aromatic rings. The summed E-state index contributed by atoms with van der Waals surface area (Å²) in [7, 11) is 0. The lowest BCUT2D eigenvalue weighted by Gasteiger charge is -2.22. The number of nitrogens with one attached hydrogen (secondary N) is 2. The van der Waals surface area contributed by atoms with E-state index in [1.54, 1.807) is 0 Å². The first kappa shape index (κ1) is 9.01. The van der Waals surface area contributed by atoms with Crippen LogP contribution in [0, 0.1) is 5.92 Å². The molecule has 1 saturated heterocycles. The summed E-state index contributed by atoms with van der Waals surface area (Å²) >= 11 is 0. The fourth-order valence-electron chi connectivity index (χ4n) is 1.34. The summed E-state index contributed by atoms with van der Waals surface area (Å²) in [5.74, 6) is 0.856. The Hall–Kier alpha value is -0.0800. The molecule has 0 radical (unpaired) electrons. The summed E-state index contributed by atoms with van der Waals surface area (Å²) in [6, 6.07) is 0. The standard InChI is InChI=1S/C9H20N2/c1-9(2,3)11-7-8-4-5-10-6-8/h8,10-11H,4-7H2,1-3H3. The highest BCUT2D eigenvalue weighted by molar-refractivity contribution is 4.77. The van der Waals surface area contributed by atoms with Gasteiger partial charge in [-0.25, -0.2) is 0 Å². The molecule has 66 valence electrons. The average Bonchev–Trinajstić information content (AvgIpc) is 2.32. The Morgan fingerprint density at radius 1 is 1.45 bits per heavy atom. The van der Waals surface area contributed by atoms with E-state index < -0.39 is 0 Å². The van der Waals surface area contributed by atoms with Crippen molar-refractivity contribution in [3.63, 3.8) is 0 Å². The molecule has 2 N–H and O–H groups in total. The summed E-state index contributed by atoms with van der Waals surface area (Å²) in [5, 5.41) is 6.89. The van der Waals surface area contributed by atoms with Crippen LogP contribution in [-0.2, 0) is 0 Å². The minimum absolute atomic E-state index is 0.280. The monoisotopic (exact) mass is 156 g/mol. The summed E-state index contributed by atoms with van der Waals surface area (Å²) < 4.78 is 0. The van der Waals surface area contributed by atoms with Crippen LogP contribution in [0.3, 0.4) is 0 Å². The van der Waals surface area contributed by atoms with Crippen LogP contribution in [0.15, 0.2) is 0 Å². The third-order valence-electron chi connectivity index (χ3n) is 2.08. The van der Waals surface area contributed by atoms with Gasteiger partial charge >= 0.3 is 0 Å². The van der Waals surface area contributed by atoms with Crippen LogP contribution in [0.4, 0.5) is 0 Å². The van der Waals surface area contributed by atoms with Crippen molar-refractivity contribution >= 4 is 0 Å². The zero-order valence-corrected chi connectivity index (χ0v) is 7.91. The van der Waals surface area contributed by atoms with E-state index in [-0.39, 0.29) is 5.54 Å². The van der Waals surface area contributed by atoms with Crippen molar-refractivity contribution in [3.05, 3.63) is 0 Å². The van der Waals surface area contributed by atoms with Gasteiger partial charge in [-0.1, -0.05) is 0 Å². The van der Waals surface area contributed by atoms with Crippen LogP contribution in [0.1, 0.15) is 27.2 Å². The van der Waals surface area contributed by atoms with Crippen molar-refractivity contribution in [1.82, 2.24) is 10.6 Å². The van der Waals surface area contributed by atoms with Gasteiger partial charge in [-0.3, -0.25) is 0 Å². The summed E-state index contributed by atoms with van der Waals surface area (Å²) in [6.07, 6.45) is 1.34. The molecule has 1 aliphatic heterocycles. The second-order valence-corrected chi connectivity index (χ2v) is 4.49. The molecule has 0 saturated carbocycles. The smallest absolute Gasteiger partial charge is 0.00966 e. The van der Waals surface area contributed by atoms with Gasteiger partial charge in [0.1, 0.15) is 0 Å². The third kappa shape index (κ3) is 3.73. The Balaban J connectivity index is 2.11. The Morgan fingerprint density at radius 3 is 2.64 bits per heavy atom. The zero-order chi connectivity index (χ0) is 8.32. The third-order valence-corrected chi connectivity index (χ3v) is 2.08. The predicted molar refractivity (Wildman–Crippen MR) is 48.7 cm³/mol. The maximum Gasteiger partial charge on any atom is 0.00966 e. The Bertz CT molecular complexity index is 109. The van der Waals surface area contributed by atoms with Crippen molar-refractivity contribution in [1.29, 1.82) is 0 Å². The van der Waals surface area contributed by atoms with E-state index in [0.29, 0.717) is 0 Å². The number of hydrogen-bond donors (Lipinski definition) is 2. The van der Waals surface area contributed by atoms with E-state index in [0.717, 1.165) is 12.5 Å². The number of hydrogen-bond acceptors (Lipinski definition) is 2. The minimum atomic E-state index is 0.280. The molecule has 11 heavy (non-hydrogen) atoms. The molecule has 2 nitrogen and oxygen atoms in total. The van der Waals surface area contributed by atoms with E-state index in [1.165, 1.54) is 19.5 Å². The zero-order valence-electron chi connectivity index (χ0n) is 7.91. The van der Waals surface area contributed by atoms with Gasteiger partial charge in [-0.15, -0.1) is 0 Å². The molecular formula is C9H20N2. The summed E-state index contributed by atoms with van der Waals surface area (Å²) in [6.45, 7) is 10.2. The Kier molecular flexibility index (Phi) is 2.90. The molecule has 1 atom stereocenters. The van der Waals surface area contributed by atoms with E-state index in [4.69, 9.17) is 0 Å². The summed E-state index contributed by atoms with van der Waals surface area (Å²) in [5.41, 5.74) is 0.280. The van der Waals surface area contributed by atoms with Crippen molar-refractivity contribution < 1.29 is 0 Å². The van der Waals surface area contributed by atoms with Gasteiger partial charge in [0.15, 0.2) is 0 Å². The molecule has 0 spiro atoms. The molecule has 1 unspecified atom stereocenters.